The minimum Gasteiger partial charge on any atom is -0.376 e. The van der Waals surface area contributed by atoms with E-state index < -0.39 is 0 Å². The van der Waals surface area contributed by atoms with Crippen LogP contribution in [0.1, 0.15) is 46.0 Å². The van der Waals surface area contributed by atoms with Crippen molar-refractivity contribution in [2.45, 2.75) is 64.2 Å². The van der Waals surface area contributed by atoms with Crippen LogP contribution in [-0.4, -0.2) is 55.4 Å². The van der Waals surface area contributed by atoms with Crippen molar-refractivity contribution in [3.05, 3.63) is 0 Å². The zero-order valence-electron chi connectivity index (χ0n) is 13.8. The molecule has 0 radical (unpaired) electrons. The average Bonchev–Trinajstić information content (AvgIpc) is 2.53. The summed E-state index contributed by atoms with van der Waals surface area (Å²) in [5.41, 5.74) is 5.94. The van der Waals surface area contributed by atoms with E-state index in [2.05, 4.69) is 6.92 Å². The number of amides is 1. The molecule has 22 heavy (non-hydrogen) atoms. The van der Waals surface area contributed by atoms with E-state index in [1.165, 1.54) is 6.42 Å². The fraction of sp³-hybridized carbons (Fsp3) is 0.938. The molecule has 6 heteroatoms. The van der Waals surface area contributed by atoms with Crippen molar-refractivity contribution >= 4 is 18.3 Å². The molecule has 0 spiro atoms. The fourth-order valence-electron chi connectivity index (χ4n) is 3.16. The Morgan fingerprint density at radius 2 is 1.95 bits per heavy atom. The molecule has 2 saturated heterocycles. The van der Waals surface area contributed by atoms with Gasteiger partial charge in [-0.2, -0.15) is 0 Å². The van der Waals surface area contributed by atoms with Gasteiger partial charge in [0.2, 0.25) is 0 Å². The number of carbonyl (C=O) groups excluding carboxylic acids is 1. The predicted octanol–water partition coefficient (Wildman–Crippen LogP) is 1.97. The van der Waals surface area contributed by atoms with Crippen molar-refractivity contribution in [3.8, 4) is 0 Å². The number of ether oxygens (including phenoxy) is 2. The summed E-state index contributed by atoms with van der Waals surface area (Å²) in [6, 6.07) is 0.222. The predicted molar refractivity (Wildman–Crippen MR) is 89.2 cm³/mol. The molecule has 0 aromatic rings. The Balaban J connectivity index is 0.00000242. The van der Waals surface area contributed by atoms with Gasteiger partial charge >= 0.3 is 0 Å². The molecule has 2 fully saturated rings. The minimum atomic E-state index is -0.373. The van der Waals surface area contributed by atoms with Gasteiger partial charge in [0, 0.05) is 25.7 Å². The quantitative estimate of drug-likeness (QED) is 0.834. The molecule has 2 N–H and O–H groups in total. The lowest BCUT2D eigenvalue weighted by atomic mass is 9.91. The summed E-state index contributed by atoms with van der Waals surface area (Å²) in [6.07, 6.45) is 5.17. The number of piperidine rings is 1. The second kappa shape index (κ2) is 9.71. The summed E-state index contributed by atoms with van der Waals surface area (Å²) in [4.78, 5) is 14.3. The highest BCUT2D eigenvalue weighted by atomic mass is 35.5. The van der Waals surface area contributed by atoms with E-state index in [0.717, 1.165) is 45.4 Å². The maximum atomic E-state index is 12.4. The van der Waals surface area contributed by atoms with E-state index in [1.807, 2.05) is 11.8 Å². The fourth-order valence-corrected chi connectivity index (χ4v) is 3.16. The second-order valence-electron chi connectivity index (χ2n) is 6.49. The Kier molecular flexibility index (Phi) is 8.69. The first-order valence-electron chi connectivity index (χ1n) is 8.35. The number of nitrogens with zero attached hydrogens (tertiary/aromatic N) is 1. The van der Waals surface area contributed by atoms with Crippen LogP contribution in [-0.2, 0) is 14.3 Å². The first-order chi connectivity index (χ1) is 10.1. The van der Waals surface area contributed by atoms with Crippen LogP contribution in [0.4, 0.5) is 0 Å². The summed E-state index contributed by atoms with van der Waals surface area (Å²) in [7, 11) is 0. The normalized spacial score (nSPS) is 26.1. The van der Waals surface area contributed by atoms with Crippen molar-refractivity contribution < 1.29 is 14.3 Å². The summed E-state index contributed by atoms with van der Waals surface area (Å²) in [6.45, 7) is 6.86. The molecular weight excluding hydrogens is 304 g/mol. The molecule has 3 atom stereocenters. The van der Waals surface area contributed by atoms with Gasteiger partial charge in [0.1, 0.15) is 6.10 Å². The van der Waals surface area contributed by atoms with E-state index in [1.54, 1.807) is 0 Å². The first kappa shape index (κ1) is 19.7. The van der Waals surface area contributed by atoms with Crippen molar-refractivity contribution in [1.29, 1.82) is 0 Å². The third-order valence-electron chi connectivity index (χ3n) is 4.75. The van der Waals surface area contributed by atoms with Crippen molar-refractivity contribution in [1.82, 2.24) is 4.90 Å². The highest BCUT2D eigenvalue weighted by molar-refractivity contribution is 5.85. The van der Waals surface area contributed by atoms with E-state index in [4.69, 9.17) is 15.2 Å². The highest BCUT2D eigenvalue weighted by Gasteiger charge is 2.28. The lowest BCUT2D eigenvalue weighted by Gasteiger charge is -2.35. The number of nitrogens with two attached hydrogens (primary N) is 1. The lowest BCUT2D eigenvalue weighted by Crippen LogP contribution is -2.46. The third kappa shape index (κ3) is 5.69. The maximum Gasteiger partial charge on any atom is 0.251 e. The van der Waals surface area contributed by atoms with E-state index in [9.17, 15) is 4.79 Å². The summed E-state index contributed by atoms with van der Waals surface area (Å²) in [5.74, 6) is 0.648. The van der Waals surface area contributed by atoms with Gasteiger partial charge in [-0.15, -0.1) is 12.4 Å². The van der Waals surface area contributed by atoms with Gasteiger partial charge < -0.3 is 20.1 Å². The van der Waals surface area contributed by atoms with Crippen LogP contribution in [0.15, 0.2) is 0 Å². The number of halogens is 1. The van der Waals surface area contributed by atoms with Crippen molar-refractivity contribution in [2.75, 3.05) is 26.3 Å². The number of likely N-dealkylation sites (tertiary alicyclic amines) is 1. The largest absolute Gasteiger partial charge is 0.376 e. The molecule has 1 amide bonds. The molecule has 130 valence electrons. The van der Waals surface area contributed by atoms with Crippen molar-refractivity contribution in [3.63, 3.8) is 0 Å². The van der Waals surface area contributed by atoms with E-state index in [0.29, 0.717) is 12.5 Å². The van der Waals surface area contributed by atoms with Crippen LogP contribution in [0, 0.1) is 5.92 Å². The highest BCUT2D eigenvalue weighted by Crippen LogP contribution is 2.20. The monoisotopic (exact) mass is 334 g/mol. The molecule has 2 rings (SSSR count). The summed E-state index contributed by atoms with van der Waals surface area (Å²) < 4.78 is 11.4. The molecule has 0 aromatic heterocycles. The molecule has 0 bridgehead atoms. The van der Waals surface area contributed by atoms with Gasteiger partial charge in [0.15, 0.2) is 0 Å². The maximum absolute atomic E-state index is 12.4. The van der Waals surface area contributed by atoms with Crippen LogP contribution in [0.3, 0.4) is 0 Å². The van der Waals surface area contributed by atoms with Gasteiger partial charge in [-0.1, -0.05) is 0 Å². The Morgan fingerprint density at radius 1 is 1.27 bits per heavy atom. The van der Waals surface area contributed by atoms with E-state index >= 15 is 0 Å². The van der Waals surface area contributed by atoms with Gasteiger partial charge in [0.05, 0.1) is 12.7 Å². The topological polar surface area (TPSA) is 64.8 Å². The standard InChI is InChI=1S/C16H30N2O3.ClH/c1-12(17)14-6-8-18(9-7-14)16(19)13(2)21-11-15-5-3-4-10-20-15;/h12-15H,3-11,17H2,1-2H3;1H. The summed E-state index contributed by atoms with van der Waals surface area (Å²) >= 11 is 0. The van der Waals surface area contributed by atoms with Crippen LogP contribution >= 0.6 is 12.4 Å². The Labute approximate surface area is 140 Å². The lowest BCUT2D eigenvalue weighted by molar-refractivity contribution is -0.147. The Hall–Kier alpha value is -0.360. The molecule has 2 aliphatic heterocycles. The van der Waals surface area contributed by atoms with Crippen molar-refractivity contribution in [2.24, 2.45) is 11.7 Å². The first-order valence-corrected chi connectivity index (χ1v) is 8.35. The molecule has 2 aliphatic rings. The second-order valence-corrected chi connectivity index (χ2v) is 6.49. The molecule has 5 nitrogen and oxygen atoms in total. The molecule has 0 aliphatic carbocycles. The van der Waals surface area contributed by atoms with Gasteiger partial charge in [-0.3, -0.25) is 4.79 Å². The number of carbonyl (C=O) groups is 1. The zero-order chi connectivity index (χ0) is 15.2. The zero-order valence-corrected chi connectivity index (χ0v) is 14.6. The number of hydrogen-bond donors (Lipinski definition) is 1. The van der Waals surface area contributed by atoms with Crippen LogP contribution in [0.5, 0.6) is 0 Å². The van der Waals surface area contributed by atoms with Crippen LogP contribution in [0.2, 0.25) is 0 Å². The van der Waals surface area contributed by atoms with E-state index in [-0.39, 0.29) is 36.6 Å². The van der Waals surface area contributed by atoms with Crippen LogP contribution in [0.25, 0.3) is 0 Å². The summed E-state index contributed by atoms with van der Waals surface area (Å²) in [5, 5.41) is 0. The SMILES string of the molecule is CC(OCC1CCCCO1)C(=O)N1CCC(C(C)N)CC1.Cl. The molecule has 0 aromatic carbocycles. The Morgan fingerprint density at radius 3 is 2.50 bits per heavy atom. The number of hydrogen-bond acceptors (Lipinski definition) is 4. The van der Waals surface area contributed by atoms with Gasteiger partial charge in [0.25, 0.3) is 5.91 Å². The number of rotatable bonds is 5. The van der Waals surface area contributed by atoms with Gasteiger partial charge in [-0.05, 0) is 51.9 Å². The third-order valence-corrected chi connectivity index (χ3v) is 4.75. The average molecular weight is 335 g/mol. The smallest absolute Gasteiger partial charge is 0.251 e. The molecule has 2 heterocycles. The molecule has 0 saturated carbocycles. The Bertz CT molecular complexity index is 327. The molecular formula is C16H31ClN2O3. The van der Waals surface area contributed by atoms with Gasteiger partial charge in [-0.25, -0.2) is 0 Å². The minimum absolute atomic E-state index is 0. The molecule has 3 unspecified atom stereocenters. The van der Waals surface area contributed by atoms with Crippen LogP contribution < -0.4 is 5.73 Å².